The number of piperidine rings is 1. The van der Waals surface area contributed by atoms with E-state index in [1.165, 1.54) is 0 Å². The monoisotopic (exact) mass is 330 g/mol. The largest absolute Gasteiger partial charge is 0.396 e. The van der Waals surface area contributed by atoms with E-state index in [0.717, 1.165) is 0 Å². The molecule has 3 rings (SSSR count). The number of amides is 1. The van der Waals surface area contributed by atoms with Crippen LogP contribution in [0.5, 0.6) is 0 Å². The second-order valence-corrected chi connectivity index (χ2v) is 7.14. The van der Waals surface area contributed by atoms with Crippen LogP contribution in [0.3, 0.4) is 0 Å². The molecule has 2 fully saturated rings. The number of carbonyl (C=O) groups is 1. The highest BCUT2D eigenvalue weighted by Gasteiger charge is 2.81. The van der Waals surface area contributed by atoms with Gasteiger partial charge in [-0.05, 0) is 18.4 Å². The molecule has 1 aromatic heterocycles. The molecule has 1 amide bonds. The Kier molecular flexibility index (Phi) is 3.70. The molecule has 23 heavy (non-hydrogen) atoms. The average molecular weight is 330 g/mol. The quantitative estimate of drug-likeness (QED) is 0.866. The molecule has 2 N–H and O–H groups in total. The third-order valence-electron chi connectivity index (χ3n) is 4.98. The number of alkyl halides is 3. The Morgan fingerprint density at radius 1 is 1.48 bits per heavy atom. The summed E-state index contributed by atoms with van der Waals surface area (Å²) >= 11 is 0. The van der Waals surface area contributed by atoms with Crippen LogP contribution >= 0.6 is 0 Å². The minimum Gasteiger partial charge on any atom is -0.350 e. The van der Waals surface area contributed by atoms with Crippen LogP contribution in [-0.4, -0.2) is 41.5 Å². The lowest BCUT2D eigenvalue weighted by Gasteiger charge is -2.20. The van der Waals surface area contributed by atoms with Crippen LogP contribution < -0.4 is 10.6 Å². The van der Waals surface area contributed by atoms with Gasteiger partial charge in [0.1, 0.15) is 5.69 Å². The number of rotatable bonds is 5. The molecule has 1 saturated heterocycles. The lowest BCUT2D eigenvalue weighted by Crippen LogP contribution is -2.37. The molecule has 0 aromatic carbocycles. The highest BCUT2D eigenvalue weighted by Crippen LogP contribution is 2.72. The first-order chi connectivity index (χ1) is 10.7. The van der Waals surface area contributed by atoms with E-state index >= 15 is 0 Å². The molecule has 0 unspecified atom stereocenters. The molecule has 2 aliphatic rings. The maximum Gasteiger partial charge on any atom is 0.396 e. The van der Waals surface area contributed by atoms with Gasteiger partial charge in [0.2, 0.25) is 0 Å². The molecule has 1 aliphatic heterocycles. The van der Waals surface area contributed by atoms with Crippen LogP contribution in [0.4, 0.5) is 13.2 Å². The normalized spacial score (nSPS) is 29.7. The van der Waals surface area contributed by atoms with Crippen molar-refractivity contribution >= 4 is 5.91 Å². The number of hydrogen-bond acceptors (Lipinski definition) is 3. The van der Waals surface area contributed by atoms with Gasteiger partial charge in [-0.2, -0.15) is 18.3 Å². The van der Waals surface area contributed by atoms with E-state index in [4.69, 9.17) is 0 Å². The molecule has 128 valence electrons. The Balaban J connectivity index is 1.61. The summed E-state index contributed by atoms with van der Waals surface area (Å²) in [6.45, 7) is 5.02. The molecule has 0 radical (unpaired) electrons. The zero-order chi connectivity index (χ0) is 16.9. The Hall–Kier alpha value is -1.57. The molecular formula is C15H21F3N4O. The first-order valence-corrected chi connectivity index (χ1v) is 7.78. The lowest BCUT2D eigenvalue weighted by atomic mass is 9.95. The van der Waals surface area contributed by atoms with Crippen LogP contribution in [0.2, 0.25) is 0 Å². The second kappa shape index (κ2) is 5.22. The van der Waals surface area contributed by atoms with Crippen molar-refractivity contribution in [3.63, 3.8) is 0 Å². The van der Waals surface area contributed by atoms with Crippen molar-refractivity contribution in [2.75, 3.05) is 19.6 Å². The van der Waals surface area contributed by atoms with Crippen molar-refractivity contribution in [3.8, 4) is 0 Å². The van der Waals surface area contributed by atoms with E-state index in [2.05, 4.69) is 15.7 Å². The Morgan fingerprint density at radius 2 is 2.22 bits per heavy atom. The second-order valence-electron chi connectivity index (χ2n) is 7.14. The molecule has 0 spiro atoms. The van der Waals surface area contributed by atoms with Crippen LogP contribution in [-0.2, 0) is 6.54 Å². The number of hydrogen-bond donors (Lipinski definition) is 2. The number of carbonyl (C=O) groups excluding carboxylic acids is 1. The van der Waals surface area contributed by atoms with Crippen molar-refractivity contribution < 1.29 is 18.0 Å². The Bertz CT molecular complexity index is 612. The first-order valence-electron chi connectivity index (χ1n) is 7.78. The van der Waals surface area contributed by atoms with Gasteiger partial charge < -0.3 is 10.6 Å². The third kappa shape index (κ3) is 2.62. The van der Waals surface area contributed by atoms with Crippen molar-refractivity contribution in [3.05, 3.63) is 18.0 Å². The summed E-state index contributed by atoms with van der Waals surface area (Å²) < 4.78 is 41.4. The van der Waals surface area contributed by atoms with E-state index in [9.17, 15) is 18.0 Å². The van der Waals surface area contributed by atoms with E-state index in [1.807, 2.05) is 13.8 Å². The number of nitrogens with one attached hydrogen (secondary N) is 2. The standard InChI is InChI=1S/C15H21F3N4O/c1-10(2)5-22-4-3-11(21-22)12(23)20-8-13-6-14(13,9-19-7-13)15(16,17)18/h3-4,10,19H,5-9H2,1-2H3,(H,20,23)/t13-,14-/m1/s1. The van der Waals surface area contributed by atoms with Crippen LogP contribution in [0, 0.1) is 16.7 Å². The Labute approximate surface area is 132 Å². The number of halogens is 3. The van der Waals surface area contributed by atoms with E-state index in [-0.39, 0.29) is 31.7 Å². The van der Waals surface area contributed by atoms with E-state index < -0.39 is 22.9 Å². The zero-order valence-corrected chi connectivity index (χ0v) is 13.2. The fourth-order valence-electron chi connectivity index (χ4n) is 3.62. The Morgan fingerprint density at radius 3 is 2.83 bits per heavy atom. The van der Waals surface area contributed by atoms with Gasteiger partial charge in [-0.1, -0.05) is 13.8 Å². The maximum absolute atomic E-state index is 13.2. The van der Waals surface area contributed by atoms with Crippen LogP contribution in [0.25, 0.3) is 0 Å². The predicted molar refractivity (Wildman–Crippen MR) is 77.8 cm³/mol. The zero-order valence-electron chi connectivity index (χ0n) is 13.2. The topological polar surface area (TPSA) is 59.0 Å². The van der Waals surface area contributed by atoms with Gasteiger partial charge >= 0.3 is 6.18 Å². The molecule has 8 heteroatoms. The van der Waals surface area contributed by atoms with E-state index in [1.54, 1.807) is 16.9 Å². The van der Waals surface area contributed by atoms with Gasteiger partial charge in [-0.25, -0.2) is 0 Å². The van der Waals surface area contributed by atoms with Crippen molar-refractivity contribution in [2.45, 2.75) is 33.0 Å². The fourth-order valence-corrected chi connectivity index (χ4v) is 3.62. The van der Waals surface area contributed by atoms with Gasteiger partial charge in [-0.15, -0.1) is 0 Å². The van der Waals surface area contributed by atoms with Gasteiger partial charge in [0.15, 0.2) is 0 Å². The smallest absolute Gasteiger partial charge is 0.350 e. The minimum absolute atomic E-state index is 0.0232. The molecule has 1 aliphatic carbocycles. The van der Waals surface area contributed by atoms with Gasteiger partial charge in [0.25, 0.3) is 5.91 Å². The molecule has 5 nitrogen and oxygen atoms in total. The summed E-state index contributed by atoms with van der Waals surface area (Å²) in [6.07, 6.45) is -2.44. The minimum atomic E-state index is -4.24. The van der Waals surface area contributed by atoms with Gasteiger partial charge in [0, 0.05) is 37.8 Å². The number of fused-ring (bicyclic) bond motifs is 1. The van der Waals surface area contributed by atoms with Crippen LogP contribution in [0.15, 0.2) is 12.3 Å². The number of nitrogens with zero attached hydrogens (tertiary/aromatic N) is 2. The molecule has 2 atom stereocenters. The summed E-state index contributed by atoms with van der Waals surface area (Å²) in [5, 5.41) is 9.60. The summed E-state index contributed by atoms with van der Waals surface area (Å²) in [4.78, 5) is 12.1. The van der Waals surface area contributed by atoms with Crippen molar-refractivity contribution in [2.24, 2.45) is 16.7 Å². The van der Waals surface area contributed by atoms with Crippen LogP contribution in [0.1, 0.15) is 30.8 Å². The summed E-state index contributed by atoms with van der Waals surface area (Å²) in [6, 6.07) is 1.59. The maximum atomic E-state index is 13.2. The SMILES string of the molecule is CC(C)Cn1ccc(C(=O)NC[C@@]23CNC[C@]2(C(F)(F)F)C3)n1. The predicted octanol–water partition coefficient (Wildman–Crippen LogP) is 1.81. The van der Waals surface area contributed by atoms with Crippen molar-refractivity contribution in [1.29, 1.82) is 0 Å². The average Bonchev–Trinajstić information content (AvgIpc) is 2.78. The van der Waals surface area contributed by atoms with E-state index in [0.29, 0.717) is 12.5 Å². The summed E-state index contributed by atoms with van der Waals surface area (Å²) in [5.74, 6) is -0.0233. The molecule has 0 bridgehead atoms. The fraction of sp³-hybridized carbons (Fsp3) is 0.733. The highest BCUT2D eigenvalue weighted by molar-refractivity contribution is 5.92. The molecule has 1 saturated carbocycles. The molecule has 2 heterocycles. The van der Waals surface area contributed by atoms with Crippen molar-refractivity contribution in [1.82, 2.24) is 20.4 Å². The first kappa shape index (κ1) is 16.3. The highest BCUT2D eigenvalue weighted by atomic mass is 19.4. The lowest BCUT2D eigenvalue weighted by molar-refractivity contribution is -0.190. The summed E-state index contributed by atoms with van der Waals surface area (Å²) in [7, 11) is 0. The molecule has 1 aromatic rings. The summed E-state index contributed by atoms with van der Waals surface area (Å²) in [5.41, 5.74) is -2.34. The van der Waals surface area contributed by atoms with Gasteiger partial charge in [0.05, 0.1) is 5.41 Å². The van der Waals surface area contributed by atoms with Gasteiger partial charge in [-0.3, -0.25) is 9.48 Å². The number of aromatic nitrogens is 2. The molecular weight excluding hydrogens is 309 g/mol. The third-order valence-corrected chi connectivity index (χ3v) is 4.98.